The fraction of sp³-hybridized carbons (Fsp3) is 0.0625. The molecule has 6 nitrogen and oxygen atoms in total. The van der Waals surface area contributed by atoms with Crippen LogP contribution in [-0.2, 0) is 0 Å². The number of benzene rings is 2. The highest BCUT2D eigenvalue weighted by atomic mass is 79.9. The molecule has 7 heteroatoms. The largest absolute Gasteiger partial charge is 0.497 e. The van der Waals surface area contributed by atoms with E-state index >= 15 is 0 Å². The Morgan fingerprint density at radius 2 is 1.96 bits per heavy atom. The van der Waals surface area contributed by atoms with E-state index in [-0.39, 0.29) is 11.5 Å². The number of nitrogens with one attached hydrogen (secondary N) is 1. The number of nitro benzene ring substituents is 1. The molecule has 0 fully saturated rings. The molecule has 0 amide bonds. The molecule has 0 aliphatic heterocycles. The van der Waals surface area contributed by atoms with Gasteiger partial charge in [-0.2, -0.15) is 0 Å². The van der Waals surface area contributed by atoms with Crippen LogP contribution in [0.3, 0.4) is 0 Å². The van der Waals surface area contributed by atoms with Crippen LogP contribution in [0.25, 0.3) is 0 Å². The zero-order valence-corrected chi connectivity index (χ0v) is 13.7. The molecule has 23 heavy (non-hydrogen) atoms. The van der Waals surface area contributed by atoms with Crippen molar-refractivity contribution < 1.29 is 14.5 Å². The van der Waals surface area contributed by atoms with E-state index < -0.39 is 4.92 Å². The summed E-state index contributed by atoms with van der Waals surface area (Å²) >= 11 is 3.24. The summed E-state index contributed by atoms with van der Waals surface area (Å²) in [6.45, 7) is 0. The second-order valence-corrected chi connectivity index (χ2v) is 5.35. The fourth-order valence-electron chi connectivity index (χ4n) is 1.79. The van der Waals surface area contributed by atoms with Crippen LogP contribution >= 0.6 is 15.9 Å². The quantitative estimate of drug-likeness (QED) is 0.354. The Hall–Kier alpha value is -2.67. The third kappa shape index (κ3) is 4.40. The molecule has 0 saturated heterocycles. The molecule has 0 aliphatic rings. The molecule has 1 N–H and O–H groups in total. The number of methoxy groups -OCH3 is 1. The van der Waals surface area contributed by atoms with Crippen LogP contribution < -0.4 is 10.1 Å². The van der Waals surface area contributed by atoms with Gasteiger partial charge < -0.3 is 10.1 Å². The molecule has 0 saturated carbocycles. The number of rotatable bonds is 6. The zero-order chi connectivity index (χ0) is 16.8. The van der Waals surface area contributed by atoms with Crippen molar-refractivity contribution in [2.75, 3.05) is 12.4 Å². The predicted octanol–water partition coefficient (Wildman–Crippen LogP) is 4.17. The lowest BCUT2D eigenvalue weighted by molar-refractivity contribution is -0.384. The third-order valence-corrected chi connectivity index (χ3v) is 3.67. The van der Waals surface area contributed by atoms with Gasteiger partial charge in [0.1, 0.15) is 5.75 Å². The second kappa shape index (κ2) is 7.55. The van der Waals surface area contributed by atoms with Crippen molar-refractivity contribution in [3.63, 3.8) is 0 Å². The zero-order valence-electron chi connectivity index (χ0n) is 12.2. The number of ether oxygens (including phenoxy) is 1. The molecule has 0 atom stereocenters. The molecular weight excluding hydrogens is 364 g/mol. The van der Waals surface area contributed by atoms with Gasteiger partial charge in [0.2, 0.25) is 0 Å². The first-order valence-corrected chi connectivity index (χ1v) is 7.36. The summed E-state index contributed by atoms with van der Waals surface area (Å²) in [5.41, 5.74) is 1.14. The fourth-order valence-corrected chi connectivity index (χ4v) is 2.27. The molecule has 2 aromatic rings. The van der Waals surface area contributed by atoms with Gasteiger partial charge in [-0.15, -0.1) is 0 Å². The average molecular weight is 377 g/mol. The Balaban J connectivity index is 2.03. The Morgan fingerprint density at radius 1 is 1.26 bits per heavy atom. The Kier molecular flexibility index (Phi) is 5.48. The molecule has 118 valence electrons. The van der Waals surface area contributed by atoms with Crippen LogP contribution in [0.4, 0.5) is 11.4 Å². The molecule has 0 bridgehead atoms. The first-order valence-electron chi connectivity index (χ1n) is 6.56. The highest BCUT2D eigenvalue weighted by Gasteiger charge is 2.08. The lowest BCUT2D eigenvalue weighted by Crippen LogP contribution is -1.97. The van der Waals surface area contributed by atoms with Gasteiger partial charge in [-0.3, -0.25) is 14.9 Å². The molecule has 0 unspecified atom stereocenters. The number of carbonyl (C=O) groups is 1. The van der Waals surface area contributed by atoms with Crippen LogP contribution in [-0.4, -0.2) is 17.8 Å². The monoisotopic (exact) mass is 376 g/mol. The van der Waals surface area contributed by atoms with E-state index in [1.807, 2.05) is 0 Å². The van der Waals surface area contributed by atoms with Crippen LogP contribution in [0.15, 0.2) is 59.2 Å². The first kappa shape index (κ1) is 16.7. The number of carbonyl (C=O) groups excluding carboxylic acids is 1. The summed E-state index contributed by atoms with van der Waals surface area (Å²) in [6, 6.07) is 11.1. The molecule has 0 radical (unpaired) electrons. The SMILES string of the molecule is COc1ccc(C(=O)/C=C/Nc2ccc([N+](=O)[O-])cc2Br)cc1. The molecule has 0 heterocycles. The second-order valence-electron chi connectivity index (χ2n) is 4.49. The van der Waals surface area contributed by atoms with Crippen molar-refractivity contribution in [2.45, 2.75) is 0 Å². The highest BCUT2D eigenvalue weighted by molar-refractivity contribution is 9.10. The minimum absolute atomic E-state index is 0.0132. The predicted molar refractivity (Wildman–Crippen MR) is 90.9 cm³/mol. The number of nitrogens with zero attached hydrogens (tertiary/aromatic N) is 1. The number of hydrogen-bond donors (Lipinski definition) is 1. The first-order chi connectivity index (χ1) is 11.0. The molecule has 2 rings (SSSR count). The minimum Gasteiger partial charge on any atom is -0.497 e. The summed E-state index contributed by atoms with van der Waals surface area (Å²) in [6.07, 6.45) is 2.87. The van der Waals surface area contributed by atoms with Crippen LogP contribution in [0.5, 0.6) is 5.75 Å². The van der Waals surface area contributed by atoms with Gasteiger partial charge in [0, 0.05) is 34.4 Å². The summed E-state index contributed by atoms with van der Waals surface area (Å²) in [7, 11) is 1.56. The van der Waals surface area contributed by atoms with Gasteiger partial charge in [-0.05, 0) is 46.3 Å². The normalized spacial score (nSPS) is 10.5. The maximum atomic E-state index is 12.0. The number of non-ortho nitro benzene ring substituents is 1. The van der Waals surface area contributed by atoms with Crippen molar-refractivity contribution in [3.05, 3.63) is 74.9 Å². The number of hydrogen-bond acceptors (Lipinski definition) is 5. The van der Waals surface area contributed by atoms with Crippen LogP contribution in [0.1, 0.15) is 10.4 Å². The third-order valence-electron chi connectivity index (χ3n) is 3.01. The Morgan fingerprint density at radius 3 is 2.52 bits per heavy atom. The average Bonchev–Trinajstić information content (AvgIpc) is 2.56. The smallest absolute Gasteiger partial charge is 0.270 e. The molecule has 0 spiro atoms. The van der Waals surface area contributed by atoms with E-state index in [0.717, 1.165) is 0 Å². The van der Waals surface area contributed by atoms with E-state index in [9.17, 15) is 14.9 Å². The number of halogens is 1. The van der Waals surface area contributed by atoms with Gasteiger partial charge in [0.15, 0.2) is 5.78 Å². The van der Waals surface area contributed by atoms with Gasteiger partial charge in [-0.1, -0.05) is 0 Å². The van der Waals surface area contributed by atoms with E-state index in [1.54, 1.807) is 37.4 Å². The van der Waals surface area contributed by atoms with Gasteiger partial charge in [-0.25, -0.2) is 0 Å². The highest BCUT2D eigenvalue weighted by Crippen LogP contribution is 2.27. The van der Waals surface area contributed by atoms with Crippen molar-refractivity contribution in [1.29, 1.82) is 0 Å². The topological polar surface area (TPSA) is 81.5 Å². The van der Waals surface area contributed by atoms with Gasteiger partial charge in [0.05, 0.1) is 17.7 Å². The van der Waals surface area contributed by atoms with E-state index in [1.165, 1.54) is 24.4 Å². The van der Waals surface area contributed by atoms with E-state index in [2.05, 4.69) is 21.2 Å². The minimum atomic E-state index is -0.475. The summed E-state index contributed by atoms with van der Waals surface area (Å²) in [5, 5.41) is 13.6. The molecule has 0 aliphatic carbocycles. The summed E-state index contributed by atoms with van der Waals surface area (Å²) in [4.78, 5) is 22.2. The number of ketones is 1. The lowest BCUT2D eigenvalue weighted by Gasteiger charge is -2.04. The van der Waals surface area contributed by atoms with Crippen molar-refractivity contribution in [3.8, 4) is 5.75 Å². The summed E-state index contributed by atoms with van der Waals surface area (Å²) < 4.78 is 5.57. The standard InChI is InChI=1S/C16H13BrN2O4/c1-23-13-5-2-11(3-6-13)16(20)8-9-18-15-7-4-12(19(21)22)10-14(15)17/h2-10,18H,1H3/b9-8+. The van der Waals surface area contributed by atoms with Crippen molar-refractivity contribution in [1.82, 2.24) is 0 Å². The van der Waals surface area contributed by atoms with Crippen molar-refractivity contribution >= 4 is 33.1 Å². The van der Waals surface area contributed by atoms with Gasteiger partial charge in [0.25, 0.3) is 5.69 Å². The molecule has 0 aromatic heterocycles. The van der Waals surface area contributed by atoms with Crippen molar-refractivity contribution in [2.24, 2.45) is 0 Å². The van der Waals surface area contributed by atoms with Gasteiger partial charge >= 0.3 is 0 Å². The van der Waals surface area contributed by atoms with E-state index in [0.29, 0.717) is 21.5 Å². The maximum Gasteiger partial charge on any atom is 0.270 e. The van der Waals surface area contributed by atoms with Crippen LogP contribution in [0.2, 0.25) is 0 Å². The number of allylic oxidation sites excluding steroid dienone is 1. The number of anilines is 1. The number of nitro groups is 1. The van der Waals surface area contributed by atoms with Crippen LogP contribution in [0, 0.1) is 10.1 Å². The molecular formula is C16H13BrN2O4. The lowest BCUT2D eigenvalue weighted by atomic mass is 10.1. The van der Waals surface area contributed by atoms with E-state index in [4.69, 9.17) is 4.74 Å². The Bertz CT molecular complexity index is 757. The maximum absolute atomic E-state index is 12.0. The Labute approximate surface area is 141 Å². The summed E-state index contributed by atoms with van der Waals surface area (Å²) in [5.74, 6) is 0.511. The molecule has 2 aromatic carbocycles.